The van der Waals surface area contributed by atoms with Crippen molar-refractivity contribution in [3.63, 3.8) is 0 Å². The number of aryl methyl sites for hydroxylation is 1. The molecule has 0 bridgehead atoms. The van der Waals surface area contributed by atoms with Crippen molar-refractivity contribution in [3.05, 3.63) is 70.4 Å². The van der Waals surface area contributed by atoms with Crippen molar-refractivity contribution >= 4 is 28.4 Å². The maximum atomic E-state index is 12.7. The fraction of sp³-hybridized carbons (Fsp3) is 0.211. The Bertz CT molecular complexity index is 873. The number of hydrogen-bond acceptors (Lipinski definition) is 2. The normalized spacial score (nSPS) is 12.3. The third-order valence-electron chi connectivity index (χ3n) is 4.11. The first-order valence-corrected chi connectivity index (χ1v) is 8.12. The molecule has 0 fully saturated rings. The van der Waals surface area contributed by atoms with Crippen LogP contribution in [0.5, 0.6) is 0 Å². The Morgan fingerprint density at radius 1 is 1.21 bits per heavy atom. The van der Waals surface area contributed by atoms with Crippen molar-refractivity contribution < 1.29 is 9.53 Å². The van der Waals surface area contributed by atoms with Gasteiger partial charge in [0.25, 0.3) is 5.91 Å². The van der Waals surface area contributed by atoms with Gasteiger partial charge in [0.1, 0.15) is 6.10 Å². The lowest BCUT2D eigenvalue weighted by atomic mass is 10.1. The molecule has 1 atom stereocenters. The standard InChI is InChI=1S/C19H19ClN2O2/c1-12-18(14-8-4-6-10-16(14)22-12)19(23)21-11-17(24-2)13-7-3-5-9-15(13)20/h3-10,17,22H,11H2,1-2H3,(H,21,23)/t17-/m0/s1. The molecule has 3 rings (SSSR count). The molecule has 0 saturated heterocycles. The average Bonchev–Trinajstić information content (AvgIpc) is 2.92. The summed E-state index contributed by atoms with van der Waals surface area (Å²) >= 11 is 6.22. The number of benzene rings is 2. The lowest BCUT2D eigenvalue weighted by molar-refractivity contribution is 0.0829. The van der Waals surface area contributed by atoms with Crippen LogP contribution in [-0.4, -0.2) is 24.5 Å². The molecule has 0 radical (unpaired) electrons. The van der Waals surface area contributed by atoms with Crippen LogP contribution in [0, 0.1) is 6.92 Å². The van der Waals surface area contributed by atoms with E-state index < -0.39 is 0 Å². The van der Waals surface area contributed by atoms with Crippen LogP contribution in [0.4, 0.5) is 0 Å². The van der Waals surface area contributed by atoms with Crippen LogP contribution < -0.4 is 5.32 Å². The first kappa shape index (κ1) is 16.6. The summed E-state index contributed by atoms with van der Waals surface area (Å²) in [5.74, 6) is -0.126. The number of hydrogen-bond donors (Lipinski definition) is 2. The number of carbonyl (C=O) groups excluding carboxylic acids is 1. The number of H-pyrrole nitrogens is 1. The number of carbonyl (C=O) groups is 1. The molecule has 0 unspecified atom stereocenters. The molecule has 0 aliphatic carbocycles. The van der Waals surface area contributed by atoms with Gasteiger partial charge in [-0.15, -0.1) is 0 Å². The van der Waals surface area contributed by atoms with Gasteiger partial charge >= 0.3 is 0 Å². The fourth-order valence-corrected chi connectivity index (χ4v) is 3.16. The molecule has 124 valence electrons. The Balaban J connectivity index is 1.79. The van der Waals surface area contributed by atoms with E-state index in [1.165, 1.54) is 0 Å². The molecule has 1 heterocycles. The summed E-state index contributed by atoms with van der Waals surface area (Å²) in [6.07, 6.45) is -0.298. The molecule has 0 aliphatic heterocycles. The van der Waals surface area contributed by atoms with Crippen LogP contribution >= 0.6 is 11.6 Å². The maximum absolute atomic E-state index is 12.7. The van der Waals surface area contributed by atoms with Gasteiger partial charge in [0.05, 0.1) is 5.56 Å². The number of aromatic amines is 1. The van der Waals surface area contributed by atoms with E-state index in [0.29, 0.717) is 17.1 Å². The number of ether oxygens (including phenoxy) is 1. The minimum atomic E-state index is -0.298. The number of methoxy groups -OCH3 is 1. The molecule has 24 heavy (non-hydrogen) atoms. The molecule has 2 N–H and O–H groups in total. The lowest BCUT2D eigenvalue weighted by Gasteiger charge is -2.17. The van der Waals surface area contributed by atoms with Crippen molar-refractivity contribution in [2.24, 2.45) is 0 Å². The Morgan fingerprint density at radius 2 is 1.92 bits per heavy atom. The van der Waals surface area contributed by atoms with E-state index in [1.54, 1.807) is 7.11 Å². The van der Waals surface area contributed by atoms with Gasteiger partial charge in [0, 0.05) is 40.8 Å². The van der Waals surface area contributed by atoms with Crippen molar-refractivity contribution in [3.8, 4) is 0 Å². The zero-order chi connectivity index (χ0) is 17.1. The minimum absolute atomic E-state index is 0.126. The van der Waals surface area contributed by atoms with Crippen LogP contribution in [0.3, 0.4) is 0 Å². The Kier molecular flexibility index (Phi) is 4.88. The topological polar surface area (TPSA) is 54.1 Å². The van der Waals surface area contributed by atoms with Gasteiger partial charge in [-0.05, 0) is 19.1 Å². The molecule has 5 heteroatoms. The van der Waals surface area contributed by atoms with Gasteiger partial charge in [-0.25, -0.2) is 0 Å². The van der Waals surface area contributed by atoms with Gasteiger partial charge in [-0.3, -0.25) is 4.79 Å². The van der Waals surface area contributed by atoms with Crippen LogP contribution in [-0.2, 0) is 4.74 Å². The van der Waals surface area contributed by atoms with Gasteiger partial charge < -0.3 is 15.0 Å². The number of rotatable bonds is 5. The molecular formula is C19H19ClN2O2. The lowest BCUT2D eigenvalue weighted by Crippen LogP contribution is -2.29. The average molecular weight is 343 g/mol. The summed E-state index contributed by atoms with van der Waals surface area (Å²) < 4.78 is 5.50. The zero-order valence-corrected chi connectivity index (χ0v) is 14.4. The summed E-state index contributed by atoms with van der Waals surface area (Å²) in [5, 5.41) is 4.49. The van der Waals surface area contributed by atoms with E-state index in [4.69, 9.17) is 16.3 Å². The highest BCUT2D eigenvalue weighted by Crippen LogP contribution is 2.25. The molecule has 4 nitrogen and oxygen atoms in total. The fourth-order valence-electron chi connectivity index (χ4n) is 2.90. The first-order chi connectivity index (χ1) is 11.6. The summed E-state index contributed by atoms with van der Waals surface area (Å²) in [5.41, 5.74) is 3.33. The SMILES string of the molecule is CO[C@@H](CNC(=O)c1c(C)[nH]c2ccccc12)c1ccccc1Cl. The number of fused-ring (bicyclic) bond motifs is 1. The zero-order valence-electron chi connectivity index (χ0n) is 13.6. The first-order valence-electron chi connectivity index (χ1n) is 7.74. The molecule has 2 aromatic carbocycles. The largest absolute Gasteiger partial charge is 0.375 e. The van der Waals surface area contributed by atoms with E-state index in [-0.39, 0.29) is 12.0 Å². The van der Waals surface area contributed by atoms with E-state index in [0.717, 1.165) is 22.2 Å². The summed E-state index contributed by atoms with van der Waals surface area (Å²) in [6.45, 7) is 2.24. The Labute approximate surface area is 145 Å². The highest BCUT2D eigenvalue weighted by Gasteiger charge is 2.19. The highest BCUT2D eigenvalue weighted by atomic mass is 35.5. The van der Waals surface area contributed by atoms with E-state index in [9.17, 15) is 4.79 Å². The number of para-hydroxylation sites is 1. The molecule has 1 amide bonds. The third-order valence-corrected chi connectivity index (χ3v) is 4.45. The number of amides is 1. The maximum Gasteiger partial charge on any atom is 0.253 e. The predicted molar refractivity (Wildman–Crippen MR) is 96.6 cm³/mol. The summed E-state index contributed by atoms with van der Waals surface area (Å²) in [7, 11) is 1.61. The molecular weight excluding hydrogens is 324 g/mol. The van der Waals surface area contributed by atoms with Gasteiger partial charge in [-0.2, -0.15) is 0 Å². The number of halogens is 1. The van der Waals surface area contributed by atoms with E-state index >= 15 is 0 Å². The Hall–Kier alpha value is -2.30. The summed E-state index contributed by atoms with van der Waals surface area (Å²) in [4.78, 5) is 15.9. The second-order valence-electron chi connectivity index (χ2n) is 5.63. The molecule has 0 saturated carbocycles. The molecule has 3 aromatic rings. The monoisotopic (exact) mass is 342 g/mol. The Morgan fingerprint density at radius 3 is 2.67 bits per heavy atom. The second kappa shape index (κ2) is 7.07. The minimum Gasteiger partial charge on any atom is -0.375 e. The van der Waals surface area contributed by atoms with Crippen molar-refractivity contribution in [2.45, 2.75) is 13.0 Å². The van der Waals surface area contributed by atoms with E-state index in [1.807, 2.05) is 55.5 Å². The molecule has 1 aromatic heterocycles. The second-order valence-corrected chi connectivity index (χ2v) is 6.03. The van der Waals surface area contributed by atoms with Gasteiger partial charge in [0.2, 0.25) is 0 Å². The molecule has 0 aliphatic rings. The van der Waals surface area contributed by atoms with Crippen LogP contribution in [0.15, 0.2) is 48.5 Å². The van der Waals surface area contributed by atoms with Crippen molar-refractivity contribution in [2.75, 3.05) is 13.7 Å². The van der Waals surface area contributed by atoms with Crippen LogP contribution in [0.25, 0.3) is 10.9 Å². The number of aromatic nitrogens is 1. The highest BCUT2D eigenvalue weighted by molar-refractivity contribution is 6.31. The van der Waals surface area contributed by atoms with Crippen LogP contribution in [0.1, 0.15) is 27.7 Å². The van der Waals surface area contributed by atoms with Crippen molar-refractivity contribution in [1.82, 2.24) is 10.3 Å². The third kappa shape index (κ3) is 3.16. The number of nitrogens with one attached hydrogen (secondary N) is 2. The van der Waals surface area contributed by atoms with Gasteiger partial charge in [0.15, 0.2) is 0 Å². The predicted octanol–water partition coefficient (Wildman–Crippen LogP) is 4.25. The quantitative estimate of drug-likeness (QED) is 0.728. The molecule has 0 spiro atoms. The van der Waals surface area contributed by atoms with Crippen LogP contribution in [0.2, 0.25) is 5.02 Å². The van der Waals surface area contributed by atoms with Crippen molar-refractivity contribution in [1.29, 1.82) is 0 Å². The summed E-state index contributed by atoms with van der Waals surface area (Å²) in [6, 6.07) is 15.3. The van der Waals surface area contributed by atoms with Gasteiger partial charge in [-0.1, -0.05) is 48.0 Å². The smallest absolute Gasteiger partial charge is 0.253 e. The van der Waals surface area contributed by atoms with E-state index in [2.05, 4.69) is 10.3 Å².